The Kier molecular flexibility index (Phi) is 5.40. The summed E-state index contributed by atoms with van der Waals surface area (Å²) in [5.41, 5.74) is 2.56. The van der Waals surface area contributed by atoms with Crippen LogP contribution in [-0.4, -0.2) is 7.05 Å². The average molecular weight is 283 g/mol. The maximum Gasteiger partial charge on any atom is 0.127 e. The van der Waals surface area contributed by atoms with Crippen LogP contribution in [0, 0.1) is 0 Å². The normalized spacial score (nSPS) is 12.4. The van der Waals surface area contributed by atoms with Gasteiger partial charge in [-0.05, 0) is 54.8 Å². The van der Waals surface area contributed by atoms with Crippen molar-refractivity contribution in [1.82, 2.24) is 5.32 Å². The molecule has 112 valence electrons. The van der Waals surface area contributed by atoms with Crippen LogP contribution in [0.2, 0.25) is 0 Å². The van der Waals surface area contributed by atoms with Crippen molar-refractivity contribution in [3.05, 3.63) is 59.7 Å². The summed E-state index contributed by atoms with van der Waals surface area (Å²) in [4.78, 5) is 0. The van der Waals surface area contributed by atoms with Gasteiger partial charge >= 0.3 is 0 Å². The molecular weight excluding hydrogens is 258 g/mol. The van der Waals surface area contributed by atoms with Gasteiger partial charge in [-0.1, -0.05) is 45.0 Å². The van der Waals surface area contributed by atoms with Crippen LogP contribution in [0.1, 0.15) is 50.3 Å². The Morgan fingerprint density at radius 3 is 2.05 bits per heavy atom. The van der Waals surface area contributed by atoms with E-state index in [1.54, 1.807) is 0 Å². The largest absolute Gasteiger partial charge is 0.457 e. The highest BCUT2D eigenvalue weighted by Crippen LogP contribution is 2.27. The molecule has 0 saturated carbocycles. The van der Waals surface area contributed by atoms with Gasteiger partial charge in [-0.15, -0.1) is 0 Å². The van der Waals surface area contributed by atoms with E-state index in [-0.39, 0.29) is 0 Å². The molecule has 0 spiro atoms. The summed E-state index contributed by atoms with van der Waals surface area (Å²) < 4.78 is 6.02. The van der Waals surface area contributed by atoms with Crippen LogP contribution in [-0.2, 0) is 0 Å². The van der Waals surface area contributed by atoms with E-state index in [0.717, 1.165) is 17.9 Å². The molecule has 1 atom stereocenters. The number of ether oxygens (including phenoxy) is 1. The molecule has 0 aliphatic rings. The molecule has 0 heterocycles. The van der Waals surface area contributed by atoms with Crippen LogP contribution in [0.15, 0.2) is 48.5 Å². The molecule has 2 aromatic carbocycles. The molecule has 0 bridgehead atoms. The summed E-state index contributed by atoms with van der Waals surface area (Å²) in [6.45, 7) is 6.57. The summed E-state index contributed by atoms with van der Waals surface area (Å²) in [6.07, 6.45) is 1.06. The van der Waals surface area contributed by atoms with Crippen molar-refractivity contribution in [1.29, 1.82) is 0 Å². The predicted octanol–water partition coefficient (Wildman–Crippen LogP) is 5.27. The molecule has 0 aliphatic heterocycles. The van der Waals surface area contributed by atoms with E-state index < -0.39 is 0 Å². The van der Waals surface area contributed by atoms with Crippen molar-refractivity contribution in [2.45, 2.75) is 39.2 Å². The standard InChI is InChI=1S/C19H25NO/c1-5-19(20-4)16-9-7-11-18(13-16)21-17-10-6-8-15(12-17)14(2)3/h6-14,19-20H,5H2,1-4H3. The quantitative estimate of drug-likeness (QED) is 0.779. The van der Waals surface area contributed by atoms with Crippen molar-refractivity contribution < 1.29 is 4.74 Å². The Balaban J connectivity index is 2.20. The Bertz CT molecular complexity index is 573. The topological polar surface area (TPSA) is 21.3 Å². The van der Waals surface area contributed by atoms with E-state index in [9.17, 15) is 0 Å². The molecule has 0 fully saturated rings. The van der Waals surface area contributed by atoms with Gasteiger partial charge in [-0.25, -0.2) is 0 Å². The van der Waals surface area contributed by atoms with Crippen LogP contribution in [0.4, 0.5) is 0 Å². The predicted molar refractivity (Wildman–Crippen MR) is 89.1 cm³/mol. The fraction of sp³-hybridized carbons (Fsp3) is 0.368. The molecule has 0 amide bonds. The second kappa shape index (κ2) is 7.28. The molecule has 1 N–H and O–H groups in total. The first-order valence-electron chi connectivity index (χ1n) is 7.69. The third kappa shape index (κ3) is 4.08. The van der Waals surface area contributed by atoms with Gasteiger partial charge in [0.1, 0.15) is 11.5 Å². The van der Waals surface area contributed by atoms with Gasteiger partial charge in [0, 0.05) is 6.04 Å². The highest BCUT2D eigenvalue weighted by Gasteiger charge is 2.08. The van der Waals surface area contributed by atoms with Gasteiger partial charge < -0.3 is 10.1 Å². The van der Waals surface area contributed by atoms with Crippen molar-refractivity contribution in [3.8, 4) is 11.5 Å². The molecule has 2 aromatic rings. The van der Waals surface area contributed by atoms with E-state index in [1.807, 2.05) is 19.2 Å². The zero-order valence-corrected chi connectivity index (χ0v) is 13.4. The third-order valence-corrected chi connectivity index (χ3v) is 3.78. The summed E-state index contributed by atoms with van der Waals surface area (Å²) in [5, 5.41) is 3.33. The van der Waals surface area contributed by atoms with Gasteiger partial charge in [0.2, 0.25) is 0 Å². The monoisotopic (exact) mass is 283 g/mol. The number of benzene rings is 2. The minimum absolute atomic E-state index is 0.371. The van der Waals surface area contributed by atoms with Crippen molar-refractivity contribution in [2.75, 3.05) is 7.05 Å². The zero-order chi connectivity index (χ0) is 15.2. The first kappa shape index (κ1) is 15.6. The van der Waals surface area contributed by atoms with Crippen molar-refractivity contribution >= 4 is 0 Å². The van der Waals surface area contributed by atoms with Gasteiger partial charge in [0.15, 0.2) is 0 Å². The number of hydrogen-bond donors (Lipinski definition) is 1. The fourth-order valence-corrected chi connectivity index (χ4v) is 2.47. The molecule has 0 aromatic heterocycles. The SMILES string of the molecule is CCC(NC)c1cccc(Oc2cccc(C(C)C)c2)c1. The number of hydrogen-bond acceptors (Lipinski definition) is 2. The van der Waals surface area contributed by atoms with E-state index in [0.29, 0.717) is 12.0 Å². The van der Waals surface area contributed by atoms with Crippen LogP contribution in [0.5, 0.6) is 11.5 Å². The Labute approximate surface area is 128 Å². The first-order chi connectivity index (χ1) is 10.1. The Hall–Kier alpha value is -1.80. The second-order valence-corrected chi connectivity index (χ2v) is 5.65. The van der Waals surface area contributed by atoms with Crippen LogP contribution in [0.25, 0.3) is 0 Å². The van der Waals surface area contributed by atoms with E-state index in [1.165, 1.54) is 11.1 Å². The molecular formula is C19H25NO. The van der Waals surface area contributed by atoms with Crippen LogP contribution >= 0.6 is 0 Å². The zero-order valence-electron chi connectivity index (χ0n) is 13.4. The van der Waals surface area contributed by atoms with Gasteiger partial charge in [-0.2, -0.15) is 0 Å². The van der Waals surface area contributed by atoms with E-state index in [2.05, 4.69) is 62.5 Å². The lowest BCUT2D eigenvalue weighted by Crippen LogP contribution is -2.14. The van der Waals surface area contributed by atoms with E-state index in [4.69, 9.17) is 4.74 Å². The highest BCUT2D eigenvalue weighted by molar-refractivity contribution is 5.37. The van der Waals surface area contributed by atoms with Crippen molar-refractivity contribution in [2.24, 2.45) is 0 Å². The minimum atomic E-state index is 0.371. The summed E-state index contributed by atoms with van der Waals surface area (Å²) in [5.74, 6) is 2.30. The minimum Gasteiger partial charge on any atom is -0.457 e. The molecule has 2 rings (SSSR count). The second-order valence-electron chi connectivity index (χ2n) is 5.65. The highest BCUT2D eigenvalue weighted by atomic mass is 16.5. The van der Waals surface area contributed by atoms with E-state index >= 15 is 0 Å². The first-order valence-corrected chi connectivity index (χ1v) is 7.69. The smallest absolute Gasteiger partial charge is 0.127 e. The van der Waals surface area contributed by atoms with Crippen LogP contribution < -0.4 is 10.1 Å². The molecule has 21 heavy (non-hydrogen) atoms. The molecule has 2 nitrogen and oxygen atoms in total. The number of nitrogens with one attached hydrogen (secondary N) is 1. The summed E-state index contributed by atoms with van der Waals surface area (Å²) in [7, 11) is 1.99. The maximum atomic E-state index is 6.02. The third-order valence-electron chi connectivity index (χ3n) is 3.78. The molecule has 0 saturated heterocycles. The maximum absolute atomic E-state index is 6.02. The molecule has 0 radical (unpaired) electrons. The molecule has 0 aliphatic carbocycles. The summed E-state index contributed by atoms with van der Waals surface area (Å²) in [6, 6.07) is 17.0. The van der Waals surface area contributed by atoms with Gasteiger partial charge in [0.05, 0.1) is 0 Å². The Morgan fingerprint density at radius 1 is 0.952 bits per heavy atom. The van der Waals surface area contributed by atoms with Crippen LogP contribution in [0.3, 0.4) is 0 Å². The average Bonchev–Trinajstić information content (AvgIpc) is 2.49. The Morgan fingerprint density at radius 2 is 1.52 bits per heavy atom. The summed E-state index contributed by atoms with van der Waals surface area (Å²) >= 11 is 0. The van der Waals surface area contributed by atoms with Gasteiger partial charge in [-0.3, -0.25) is 0 Å². The van der Waals surface area contributed by atoms with Gasteiger partial charge in [0.25, 0.3) is 0 Å². The molecule has 2 heteroatoms. The molecule has 1 unspecified atom stereocenters. The lowest BCUT2D eigenvalue weighted by atomic mass is 10.0. The van der Waals surface area contributed by atoms with Crippen molar-refractivity contribution in [3.63, 3.8) is 0 Å². The lowest BCUT2D eigenvalue weighted by molar-refractivity contribution is 0.478. The number of rotatable bonds is 6. The fourth-order valence-electron chi connectivity index (χ4n) is 2.47. The lowest BCUT2D eigenvalue weighted by Gasteiger charge is -2.16.